The minimum Gasteiger partial charge on any atom is -0.322 e. The van der Waals surface area contributed by atoms with Gasteiger partial charge < -0.3 is 5.32 Å². The van der Waals surface area contributed by atoms with Gasteiger partial charge in [0.05, 0.1) is 16.8 Å². The van der Waals surface area contributed by atoms with Gasteiger partial charge in [0.1, 0.15) is 0 Å². The number of aryl methyl sites for hydroxylation is 2. The van der Waals surface area contributed by atoms with Gasteiger partial charge in [0.15, 0.2) is 0 Å². The molecule has 3 nitrogen and oxygen atoms in total. The number of pyridine rings is 1. The highest BCUT2D eigenvalue weighted by atomic mass is 127. The van der Waals surface area contributed by atoms with E-state index >= 15 is 0 Å². The van der Waals surface area contributed by atoms with Crippen LogP contribution < -0.4 is 5.32 Å². The number of rotatable bonds is 3. The van der Waals surface area contributed by atoms with E-state index in [1.807, 2.05) is 61.5 Å². The zero-order valence-electron chi connectivity index (χ0n) is 16.0. The number of carbonyl (C=O) groups is 1. The van der Waals surface area contributed by atoms with Gasteiger partial charge in [-0.2, -0.15) is 0 Å². The number of halogens is 2. The number of amides is 1. The third-order valence-electron chi connectivity index (χ3n) is 4.76. The molecule has 0 radical (unpaired) electrons. The van der Waals surface area contributed by atoms with Crippen LogP contribution in [0, 0.1) is 17.4 Å². The van der Waals surface area contributed by atoms with Gasteiger partial charge in [0, 0.05) is 24.7 Å². The van der Waals surface area contributed by atoms with Crippen molar-refractivity contribution in [3.8, 4) is 11.3 Å². The van der Waals surface area contributed by atoms with Gasteiger partial charge in [-0.3, -0.25) is 4.79 Å². The third-order valence-corrected chi connectivity index (χ3v) is 5.94. The molecule has 3 aromatic carbocycles. The predicted octanol–water partition coefficient (Wildman–Crippen LogP) is 7.14. The molecule has 0 aliphatic rings. The number of nitrogens with one attached hydrogen (secondary N) is 1. The molecule has 0 atom stereocenters. The molecule has 1 amide bonds. The molecule has 0 unspecified atom stereocenters. The topological polar surface area (TPSA) is 42.0 Å². The smallest absolute Gasteiger partial charge is 0.256 e. The van der Waals surface area contributed by atoms with E-state index in [0.717, 1.165) is 41.5 Å². The number of carbonyl (C=O) groups excluding carboxylic acids is 1. The summed E-state index contributed by atoms with van der Waals surface area (Å²) in [7, 11) is 0. The van der Waals surface area contributed by atoms with Crippen molar-refractivity contribution in [1.29, 1.82) is 0 Å². The van der Waals surface area contributed by atoms with Gasteiger partial charge in [-0.1, -0.05) is 45.8 Å². The summed E-state index contributed by atoms with van der Waals surface area (Å²) in [5.74, 6) is -0.149. The van der Waals surface area contributed by atoms with E-state index in [4.69, 9.17) is 4.98 Å². The summed E-state index contributed by atoms with van der Waals surface area (Å²) >= 11 is 5.80. The minimum absolute atomic E-state index is 0.149. The Kier molecular flexibility index (Phi) is 5.69. The highest BCUT2D eigenvalue weighted by Gasteiger charge is 2.16. The number of hydrogen-bond acceptors (Lipinski definition) is 2. The van der Waals surface area contributed by atoms with Crippen molar-refractivity contribution >= 4 is 61.0 Å². The lowest BCUT2D eigenvalue weighted by Crippen LogP contribution is -2.13. The van der Waals surface area contributed by atoms with E-state index in [2.05, 4.69) is 62.9 Å². The maximum absolute atomic E-state index is 13.2. The summed E-state index contributed by atoms with van der Waals surface area (Å²) in [6, 6.07) is 21.8. The first kappa shape index (κ1) is 20.0. The highest BCUT2D eigenvalue weighted by molar-refractivity contribution is 14.1. The van der Waals surface area contributed by atoms with Crippen LogP contribution >= 0.6 is 38.5 Å². The van der Waals surface area contributed by atoms with Crippen molar-refractivity contribution in [3.63, 3.8) is 0 Å². The summed E-state index contributed by atoms with van der Waals surface area (Å²) < 4.78 is 2.05. The Balaban J connectivity index is 1.86. The molecule has 144 valence electrons. The van der Waals surface area contributed by atoms with Crippen LogP contribution in [0.5, 0.6) is 0 Å². The Labute approximate surface area is 191 Å². The Hall–Kier alpha value is -2.25. The molecule has 1 heterocycles. The van der Waals surface area contributed by atoms with Crippen LogP contribution in [0.15, 0.2) is 71.2 Å². The van der Waals surface area contributed by atoms with E-state index in [9.17, 15) is 4.79 Å². The van der Waals surface area contributed by atoms with Crippen LogP contribution in [0.3, 0.4) is 0 Å². The number of aromatic nitrogens is 1. The van der Waals surface area contributed by atoms with Gasteiger partial charge in [-0.05, 0) is 84.5 Å². The second-order valence-electron chi connectivity index (χ2n) is 7.00. The van der Waals surface area contributed by atoms with E-state index in [0.29, 0.717) is 5.56 Å². The lowest BCUT2D eigenvalue weighted by molar-refractivity contribution is 0.102. The van der Waals surface area contributed by atoms with Crippen molar-refractivity contribution in [1.82, 2.24) is 4.98 Å². The molecule has 0 fully saturated rings. The molecule has 5 heteroatoms. The maximum atomic E-state index is 13.2. The summed E-state index contributed by atoms with van der Waals surface area (Å²) in [5, 5.41) is 3.85. The molecule has 0 saturated heterocycles. The number of anilines is 1. The second-order valence-corrected chi connectivity index (χ2v) is 9.16. The SMILES string of the molecule is Cc1ccc(-c2cc(C(=O)Nc3ccc(I)cc3)c3cc(Br)cc(C)c3n2)cc1. The van der Waals surface area contributed by atoms with E-state index < -0.39 is 0 Å². The van der Waals surface area contributed by atoms with Crippen LogP contribution in [-0.2, 0) is 0 Å². The first-order chi connectivity index (χ1) is 13.9. The summed E-state index contributed by atoms with van der Waals surface area (Å²) in [4.78, 5) is 18.1. The fraction of sp³-hybridized carbons (Fsp3) is 0.0833. The summed E-state index contributed by atoms with van der Waals surface area (Å²) in [5.41, 5.74) is 6.19. The quantitative estimate of drug-likeness (QED) is 0.272. The van der Waals surface area contributed by atoms with Gasteiger partial charge in [-0.15, -0.1) is 0 Å². The predicted molar refractivity (Wildman–Crippen MR) is 131 cm³/mol. The molecule has 0 spiro atoms. The third kappa shape index (κ3) is 4.36. The lowest BCUT2D eigenvalue weighted by Gasteiger charge is -2.13. The first-order valence-corrected chi connectivity index (χ1v) is 11.0. The monoisotopic (exact) mass is 556 g/mol. The number of fused-ring (bicyclic) bond motifs is 1. The zero-order chi connectivity index (χ0) is 20.5. The molecule has 0 saturated carbocycles. The number of nitrogens with zero attached hydrogens (tertiary/aromatic N) is 1. The van der Waals surface area contributed by atoms with Crippen LogP contribution in [0.25, 0.3) is 22.2 Å². The van der Waals surface area contributed by atoms with Crippen molar-refractivity contribution in [2.24, 2.45) is 0 Å². The van der Waals surface area contributed by atoms with Crippen molar-refractivity contribution < 1.29 is 4.79 Å². The summed E-state index contributed by atoms with van der Waals surface area (Å²) in [6.45, 7) is 4.07. The molecule has 0 aliphatic heterocycles. The standard InChI is InChI=1S/C24H18BrIN2O/c1-14-3-5-16(6-4-14)22-13-21(20-12-17(25)11-15(2)23(20)28-22)24(29)27-19-9-7-18(26)8-10-19/h3-13H,1-2H3,(H,27,29). The normalized spacial score (nSPS) is 10.9. The van der Waals surface area contributed by atoms with Gasteiger partial charge in [-0.25, -0.2) is 4.98 Å². The molecular weight excluding hydrogens is 539 g/mol. The maximum Gasteiger partial charge on any atom is 0.256 e. The van der Waals surface area contributed by atoms with Crippen LogP contribution in [0.2, 0.25) is 0 Å². The van der Waals surface area contributed by atoms with Crippen molar-refractivity contribution in [2.75, 3.05) is 5.32 Å². The first-order valence-electron chi connectivity index (χ1n) is 9.15. The Morgan fingerprint density at radius 2 is 1.66 bits per heavy atom. The molecule has 4 aromatic rings. The molecule has 1 aromatic heterocycles. The van der Waals surface area contributed by atoms with E-state index in [1.54, 1.807) is 0 Å². The lowest BCUT2D eigenvalue weighted by atomic mass is 10.0. The van der Waals surface area contributed by atoms with Gasteiger partial charge in [0.2, 0.25) is 0 Å². The average molecular weight is 557 g/mol. The fourth-order valence-electron chi connectivity index (χ4n) is 3.25. The molecule has 0 aliphatic carbocycles. The Bertz CT molecular complexity index is 1220. The summed E-state index contributed by atoms with van der Waals surface area (Å²) in [6.07, 6.45) is 0. The van der Waals surface area contributed by atoms with Crippen molar-refractivity contribution in [2.45, 2.75) is 13.8 Å². The van der Waals surface area contributed by atoms with Crippen LogP contribution in [0.1, 0.15) is 21.5 Å². The second kappa shape index (κ2) is 8.24. The highest BCUT2D eigenvalue weighted by Crippen LogP contribution is 2.30. The average Bonchev–Trinajstić information content (AvgIpc) is 2.69. The zero-order valence-corrected chi connectivity index (χ0v) is 19.7. The number of benzene rings is 3. The largest absolute Gasteiger partial charge is 0.322 e. The molecule has 1 N–H and O–H groups in total. The van der Waals surface area contributed by atoms with Crippen LogP contribution in [-0.4, -0.2) is 10.9 Å². The van der Waals surface area contributed by atoms with E-state index in [-0.39, 0.29) is 5.91 Å². The number of hydrogen-bond donors (Lipinski definition) is 1. The van der Waals surface area contributed by atoms with Crippen molar-refractivity contribution in [3.05, 3.63) is 91.5 Å². The Morgan fingerprint density at radius 1 is 0.966 bits per heavy atom. The van der Waals surface area contributed by atoms with Gasteiger partial charge in [0.25, 0.3) is 5.91 Å². The molecule has 0 bridgehead atoms. The Morgan fingerprint density at radius 3 is 2.34 bits per heavy atom. The molecule has 29 heavy (non-hydrogen) atoms. The van der Waals surface area contributed by atoms with Gasteiger partial charge >= 0.3 is 0 Å². The van der Waals surface area contributed by atoms with Crippen LogP contribution in [0.4, 0.5) is 5.69 Å². The minimum atomic E-state index is -0.149. The molecule has 4 rings (SSSR count). The molecular formula is C24H18BrIN2O. The van der Waals surface area contributed by atoms with E-state index in [1.165, 1.54) is 5.56 Å². The fourth-order valence-corrected chi connectivity index (χ4v) is 4.18.